The van der Waals surface area contributed by atoms with Gasteiger partial charge in [-0.3, -0.25) is 0 Å². The van der Waals surface area contributed by atoms with Gasteiger partial charge in [-0.15, -0.1) is 22.9 Å². The van der Waals surface area contributed by atoms with Gasteiger partial charge in [0, 0.05) is 24.0 Å². The van der Waals surface area contributed by atoms with Crippen molar-refractivity contribution in [3.63, 3.8) is 0 Å². The highest BCUT2D eigenvalue weighted by Crippen LogP contribution is 2.36. The second-order valence-electron chi connectivity index (χ2n) is 7.84. The lowest BCUT2D eigenvalue weighted by molar-refractivity contribution is 0.415. The lowest BCUT2D eigenvalue weighted by Crippen LogP contribution is -2.47. The summed E-state index contributed by atoms with van der Waals surface area (Å²) in [6, 6.07) is 7.83. The Labute approximate surface area is 187 Å². The van der Waals surface area contributed by atoms with Crippen molar-refractivity contribution in [2.45, 2.75) is 35.1 Å². The van der Waals surface area contributed by atoms with Gasteiger partial charge in [0.1, 0.15) is 11.0 Å². The number of benzene rings is 1. The second kappa shape index (κ2) is 8.36. The topological polar surface area (TPSA) is 59.5 Å². The number of ether oxygens (including phenoxy) is 1. The smallest absolute Gasteiger partial charge is 0.185 e. The van der Waals surface area contributed by atoms with Gasteiger partial charge in [-0.25, -0.2) is 13.4 Å². The molecule has 30 heavy (non-hydrogen) atoms. The normalized spacial score (nSPS) is 24.9. The zero-order valence-corrected chi connectivity index (χ0v) is 19.4. The maximum atomic E-state index is 13.2. The van der Waals surface area contributed by atoms with Crippen molar-refractivity contribution in [1.82, 2.24) is 4.98 Å². The van der Waals surface area contributed by atoms with E-state index in [0.29, 0.717) is 25.9 Å². The third-order valence-corrected chi connectivity index (χ3v) is 9.93. The molecule has 1 saturated heterocycles. The zero-order valence-electron chi connectivity index (χ0n) is 17.0. The largest absolute Gasteiger partial charge is 0.497 e. The average Bonchev–Trinajstić information content (AvgIpc) is 3.24. The van der Waals surface area contributed by atoms with E-state index in [1.165, 1.54) is 0 Å². The van der Waals surface area contributed by atoms with E-state index in [2.05, 4.69) is 4.90 Å². The molecule has 2 aromatic rings. The first-order valence-electron chi connectivity index (χ1n) is 9.94. The zero-order chi connectivity index (χ0) is 21.4. The second-order valence-corrected chi connectivity index (χ2v) is 11.8. The Bertz CT molecular complexity index is 1050. The minimum atomic E-state index is -3.37. The van der Waals surface area contributed by atoms with Crippen LogP contribution in [0.3, 0.4) is 0 Å². The molecule has 1 aromatic carbocycles. The summed E-state index contributed by atoms with van der Waals surface area (Å²) >= 11 is 8.09. The van der Waals surface area contributed by atoms with Crippen LogP contribution in [0, 0.1) is 0 Å². The molecule has 1 fully saturated rings. The fraction of sp³-hybridized carbons (Fsp3) is 0.409. The van der Waals surface area contributed by atoms with Crippen molar-refractivity contribution in [3.05, 3.63) is 53.9 Å². The monoisotopic (exact) mass is 464 g/mol. The van der Waals surface area contributed by atoms with E-state index in [-0.39, 0.29) is 5.25 Å². The van der Waals surface area contributed by atoms with Crippen molar-refractivity contribution in [2.24, 2.45) is 0 Å². The minimum absolute atomic E-state index is 0.381. The quantitative estimate of drug-likeness (QED) is 0.600. The highest BCUT2D eigenvalue weighted by atomic mass is 35.5. The van der Waals surface area contributed by atoms with Crippen LogP contribution in [0.5, 0.6) is 5.75 Å². The Morgan fingerprint density at radius 3 is 2.53 bits per heavy atom. The van der Waals surface area contributed by atoms with Crippen LogP contribution in [-0.4, -0.2) is 49.0 Å². The van der Waals surface area contributed by atoms with Crippen LogP contribution in [0.1, 0.15) is 19.8 Å². The van der Waals surface area contributed by atoms with Crippen LogP contribution in [-0.2, 0) is 9.84 Å². The third kappa shape index (κ3) is 4.15. The Kier molecular flexibility index (Phi) is 5.97. The number of thiazole rings is 1. The van der Waals surface area contributed by atoms with E-state index in [4.69, 9.17) is 21.3 Å². The summed E-state index contributed by atoms with van der Waals surface area (Å²) in [5, 5.41) is 1.90. The molecule has 5 nitrogen and oxygen atoms in total. The molecule has 4 rings (SSSR count). The number of rotatable bonds is 5. The number of nitrogens with zero attached hydrogens (tertiary/aromatic N) is 2. The number of piperidine rings is 1. The van der Waals surface area contributed by atoms with Gasteiger partial charge < -0.3 is 9.64 Å². The fourth-order valence-corrected chi connectivity index (χ4v) is 7.73. The first-order valence-corrected chi connectivity index (χ1v) is 12.8. The molecule has 0 spiro atoms. The molecule has 160 valence electrons. The molecule has 0 radical (unpaired) electrons. The third-order valence-electron chi connectivity index (χ3n) is 5.78. The average molecular weight is 465 g/mol. The Balaban J connectivity index is 1.43. The van der Waals surface area contributed by atoms with E-state index in [1.54, 1.807) is 43.6 Å². The summed E-state index contributed by atoms with van der Waals surface area (Å²) in [6.45, 7) is 3.11. The van der Waals surface area contributed by atoms with Crippen LogP contribution < -0.4 is 9.64 Å². The van der Waals surface area contributed by atoms with Gasteiger partial charge in [-0.2, -0.15) is 0 Å². The van der Waals surface area contributed by atoms with E-state index < -0.39 is 20.0 Å². The SMILES string of the molecule is COc1ccc(-c2csc(N3CCC(S(=O)(=O)C4C=CC=CC4(C)Cl)CC3)n2)cc1. The van der Waals surface area contributed by atoms with Gasteiger partial charge in [-0.1, -0.05) is 24.3 Å². The van der Waals surface area contributed by atoms with E-state index >= 15 is 0 Å². The van der Waals surface area contributed by atoms with Crippen LogP contribution in [0.4, 0.5) is 5.13 Å². The van der Waals surface area contributed by atoms with Crippen molar-refractivity contribution < 1.29 is 13.2 Å². The maximum Gasteiger partial charge on any atom is 0.185 e. The molecular weight excluding hydrogens is 440 g/mol. The van der Waals surface area contributed by atoms with Gasteiger partial charge in [0.2, 0.25) is 0 Å². The van der Waals surface area contributed by atoms with E-state index in [1.807, 2.05) is 35.7 Å². The molecule has 1 aliphatic carbocycles. The van der Waals surface area contributed by atoms with Gasteiger partial charge in [0.05, 0.1) is 22.9 Å². The number of anilines is 1. The van der Waals surface area contributed by atoms with Crippen molar-refractivity contribution in [2.75, 3.05) is 25.1 Å². The summed E-state index contributed by atoms with van der Waals surface area (Å²) < 4.78 is 31.7. The van der Waals surface area contributed by atoms with Crippen molar-refractivity contribution in [3.8, 4) is 17.0 Å². The van der Waals surface area contributed by atoms with Crippen LogP contribution in [0.15, 0.2) is 53.9 Å². The lowest BCUT2D eigenvalue weighted by Gasteiger charge is -2.36. The fourth-order valence-electron chi connectivity index (χ4n) is 4.01. The Morgan fingerprint density at radius 2 is 1.90 bits per heavy atom. The number of hydrogen-bond acceptors (Lipinski definition) is 6. The molecule has 2 aliphatic rings. The first kappa shape index (κ1) is 21.4. The standard InChI is InChI=1S/C22H25ClN2O3S2/c1-22(23)12-4-3-5-20(22)30(26,27)18-10-13-25(14-11-18)21-24-19(15-29-21)16-6-8-17(28-2)9-7-16/h3-9,12,15,18,20H,10-11,13-14H2,1-2H3. The minimum Gasteiger partial charge on any atom is -0.497 e. The summed E-state index contributed by atoms with van der Waals surface area (Å²) in [5.41, 5.74) is 1.96. The number of sulfone groups is 1. The molecule has 1 aliphatic heterocycles. The summed E-state index contributed by atoms with van der Waals surface area (Å²) in [7, 11) is -1.72. The Hall–Kier alpha value is -1.83. The molecular formula is C22H25ClN2O3S2. The Morgan fingerprint density at radius 1 is 1.20 bits per heavy atom. The van der Waals surface area contributed by atoms with Gasteiger partial charge in [0.15, 0.2) is 15.0 Å². The molecule has 0 saturated carbocycles. The number of alkyl halides is 1. The summed E-state index contributed by atoms with van der Waals surface area (Å²) in [5.74, 6) is 0.814. The summed E-state index contributed by atoms with van der Waals surface area (Å²) in [4.78, 5) is 6.06. The molecule has 2 unspecified atom stereocenters. The molecule has 0 N–H and O–H groups in total. The number of methoxy groups -OCH3 is 1. The molecule has 8 heteroatoms. The number of hydrogen-bond donors (Lipinski definition) is 0. The highest BCUT2D eigenvalue weighted by molar-refractivity contribution is 7.93. The van der Waals surface area contributed by atoms with Crippen molar-refractivity contribution in [1.29, 1.82) is 0 Å². The maximum absolute atomic E-state index is 13.2. The molecule has 0 bridgehead atoms. The summed E-state index contributed by atoms with van der Waals surface area (Å²) in [6.07, 6.45) is 8.24. The van der Waals surface area contributed by atoms with Gasteiger partial charge >= 0.3 is 0 Å². The molecule has 0 amide bonds. The predicted molar refractivity (Wildman–Crippen MR) is 125 cm³/mol. The van der Waals surface area contributed by atoms with Crippen molar-refractivity contribution >= 4 is 37.9 Å². The van der Waals surface area contributed by atoms with E-state index in [9.17, 15) is 8.42 Å². The number of aromatic nitrogens is 1. The van der Waals surface area contributed by atoms with Crippen LogP contribution in [0.25, 0.3) is 11.3 Å². The predicted octanol–water partition coefficient (Wildman–Crippen LogP) is 4.69. The molecule has 1 aromatic heterocycles. The van der Waals surface area contributed by atoms with Crippen LogP contribution >= 0.6 is 22.9 Å². The van der Waals surface area contributed by atoms with Gasteiger partial charge in [-0.05, 0) is 44.0 Å². The number of allylic oxidation sites excluding steroid dienone is 3. The molecule has 2 atom stereocenters. The highest BCUT2D eigenvalue weighted by Gasteiger charge is 2.44. The first-order chi connectivity index (χ1) is 14.3. The molecule has 2 heterocycles. The van der Waals surface area contributed by atoms with Gasteiger partial charge in [0.25, 0.3) is 0 Å². The lowest BCUT2D eigenvalue weighted by atomic mass is 10.0. The van der Waals surface area contributed by atoms with Crippen LogP contribution in [0.2, 0.25) is 0 Å². The number of halogens is 1. The van der Waals surface area contributed by atoms with E-state index in [0.717, 1.165) is 22.1 Å².